The van der Waals surface area contributed by atoms with Gasteiger partial charge in [0.05, 0.1) is 26.2 Å². The van der Waals surface area contributed by atoms with Crippen LogP contribution in [0.1, 0.15) is 58.8 Å². The summed E-state index contributed by atoms with van der Waals surface area (Å²) in [7, 11) is 0. The number of aliphatic carboxylic acids is 4. The first kappa shape index (κ1) is 44.3. The summed E-state index contributed by atoms with van der Waals surface area (Å²) in [6.07, 6.45) is 3.47. The van der Waals surface area contributed by atoms with Crippen LogP contribution in [0.2, 0.25) is 0 Å². The van der Waals surface area contributed by atoms with Crippen LogP contribution < -0.4 is 5.32 Å². The lowest BCUT2D eigenvalue weighted by Gasteiger charge is -2.39. The molecule has 0 aromatic rings. The van der Waals surface area contributed by atoms with E-state index < -0.39 is 42.4 Å². The van der Waals surface area contributed by atoms with Gasteiger partial charge in [-0.1, -0.05) is 26.7 Å². The van der Waals surface area contributed by atoms with E-state index in [2.05, 4.69) is 19.2 Å². The Morgan fingerprint density at radius 1 is 0.615 bits per heavy atom. The Labute approximate surface area is 305 Å². The van der Waals surface area contributed by atoms with Crippen LogP contribution in [0, 0.1) is 5.92 Å². The van der Waals surface area contributed by atoms with Crippen molar-refractivity contribution in [1.82, 2.24) is 34.7 Å². The molecule has 18 heteroatoms. The number of hydrogen-bond donors (Lipinski definition) is 5. The fourth-order valence-electron chi connectivity index (χ4n) is 6.43. The lowest BCUT2D eigenvalue weighted by Crippen LogP contribution is -2.53. The number of carbonyl (C=O) groups excluding carboxylic acids is 3. The van der Waals surface area contributed by atoms with E-state index >= 15 is 0 Å². The summed E-state index contributed by atoms with van der Waals surface area (Å²) in [6.45, 7) is 6.29. The predicted octanol–water partition coefficient (Wildman–Crippen LogP) is -0.911. The Bertz CT molecular complexity index is 1160. The first-order chi connectivity index (χ1) is 24.6. The van der Waals surface area contributed by atoms with Gasteiger partial charge in [-0.25, -0.2) is 0 Å². The molecule has 0 bridgehead atoms. The van der Waals surface area contributed by atoms with Gasteiger partial charge in [0.25, 0.3) is 0 Å². The molecule has 2 rings (SSSR count). The van der Waals surface area contributed by atoms with Gasteiger partial charge in [0, 0.05) is 90.9 Å². The van der Waals surface area contributed by atoms with Crippen molar-refractivity contribution < 1.29 is 54.0 Å². The molecule has 2 aliphatic rings. The molecule has 0 radical (unpaired) electrons. The van der Waals surface area contributed by atoms with Crippen molar-refractivity contribution in [1.29, 1.82) is 0 Å². The maximum absolute atomic E-state index is 13.5. The van der Waals surface area contributed by atoms with Gasteiger partial charge < -0.3 is 35.5 Å². The third-order valence-electron chi connectivity index (χ3n) is 9.35. The van der Waals surface area contributed by atoms with E-state index in [0.717, 1.165) is 19.3 Å². The average Bonchev–Trinajstić information content (AvgIpc) is 3.06. The highest BCUT2D eigenvalue weighted by Gasteiger charge is 2.32. The maximum atomic E-state index is 13.5. The topological polar surface area (TPSA) is 232 Å². The van der Waals surface area contributed by atoms with E-state index in [9.17, 15) is 54.0 Å². The van der Waals surface area contributed by atoms with Gasteiger partial charge in [-0.2, -0.15) is 0 Å². The zero-order valence-electron chi connectivity index (χ0n) is 30.7. The van der Waals surface area contributed by atoms with E-state index in [-0.39, 0.29) is 103 Å². The van der Waals surface area contributed by atoms with E-state index in [0.29, 0.717) is 38.4 Å². The first-order valence-corrected chi connectivity index (χ1v) is 18.2. The lowest BCUT2D eigenvalue weighted by molar-refractivity contribution is -0.148. The SMILES string of the molecule is CC(C)CCCCNC(=O)CCC(=O)N(CC(=O)O)C1CCN(C(=O)CN2CCN(CC(=O)O)CCN(CC(=O)O)CCN(CC(=O)O)CC2)CC1. The van der Waals surface area contributed by atoms with E-state index in [1.54, 1.807) is 19.6 Å². The van der Waals surface area contributed by atoms with Gasteiger partial charge in [-0.05, 0) is 25.2 Å². The highest BCUT2D eigenvalue weighted by Crippen LogP contribution is 2.19. The normalized spacial score (nSPS) is 17.9. The number of rotatable bonds is 19. The second-order valence-corrected chi connectivity index (χ2v) is 14.1. The zero-order valence-corrected chi connectivity index (χ0v) is 30.7. The highest BCUT2D eigenvalue weighted by molar-refractivity contribution is 5.86. The number of nitrogens with zero attached hydrogens (tertiary/aromatic N) is 6. The first-order valence-electron chi connectivity index (χ1n) is 18.2. The predicted molar refractivity (Wildman–Crippen MR) is 189 cm³/mol. The molecule has 2 fully saturated rings. The monoisotopic (exact) mass is 741 g/mol. The second-order valence-electron chi connectivity index (χ2n) is 14.1. The average molecular weight is 742 g/mol. The molecule has 296 valence electrons. The minimum Gasteiger partial charge on any atom is -0.480 e. The van der Waals surface area contributed by atoms with Crippen molar-refractivity contribution in [2.45, 2.75) is 64.8 Å². The van der Waals surface area contributed by atoms with Gasteiger partial charge in [-0.3, -0.25) is 53.2 Å². The molecule has 2 heterocycles. The fourth-order valence-corrected chi connectivity index (χ4v) is 6.43. The van der Waals surface area contributed by atoms with Crippen molar-refractivity contribution in [3.63, 3.8) is 0 Å². The smallest absolute Gasteiger partial charge is 0.323 e. The summed E-state index contributed by atoms with van der Waals surface area (Å²) in [5.74, 6) is -4.58. The molecule has 2 saturated heterocycles. The number of hydrogen-bond acceptors (Lipinski definition) is 11. The third kappa shape index (κ3) is 18.6. The summed E-state index contributed by atoms with van der Waals surface area (Å²) >= 11 is 0. The molecular formula is C34H59N7O11. The summed E-state index contributed by atoms with van der Waals surface area (Å²) in [5.41, 5.74) is 0. The Kier molecular flexibility index (Phi) is 20.1. The fraction of sp³-hybridized carbons (Fsp3) is 0.794. The third-order valence-corrected chi connectivity index (χ3v) is 9.35. The van der Waals surface area contributed by atoms with Crippen LogP contribution >= 0.6 is 0 Å². The number of carbonyl (C=O) groups is 7. The largest absolute Gasteiger partial charge is 0.480 e. The zero-order chi connectivity index (χ0) is 38.6. The molecule has 0 saturated carbocycles. The van der Waals surface area contributed by atoms with Crippen LogP contribution in [0.4, 0.5) is 0 Å². The molecular weight excluding hydrogens is 682 g/mol. The van der Waals surface area contributed by atoms with Gasteiger partial charge >= 0.3 is 23.9 Å². The minimum atomic E-state index is -1.17. The number of carboxylic acid groups (broad SMARTS) is 4. The molecule has 0 aliphatic carbocycles. The number of likely N-dealkylation sites (tertiary alicyclic amines) is 1. The number of amides is 3. The summed E-state index contributed by atoms with van der Waals surface area (Å²) < 4.78 is 0. The van der Waals surface area contributed by atoms with Crippen LogP contribution in [0.25, 0.3) is 0 Å². The summed E-state index contributed by atoms with van der Waals surface area (Å²) in [6, 6.07) is -0.414. The Morgan fingerprint density at radius 2 is 1.06 bits per heavy atom. The van der Waals surface area contributed by atoms with Crippen molar-refractivity contribution >= 4 is 41.6 Å². The Morgan fingerprint density at radius 3 is 1.46 bits per heavy atom. The van der Waals surface area contributed by atoms with Crippen LogP contribution in [-0.4, -0.2) is 202 Å². The molecule has 0 spiro atoms. The highest BCUT2D eigenvalue weighted by atomic mass is 16.4. The van der Waals surface area contributed by atoms with Gasteiger partial charge in [0.1, 0.15) is 6.54 Å². The van der Waals surface area contributed by atoms with Crippen LogP contribution in [0.3, 0.4) is 0 Å². The van der Waals surface area contributed by atoms with Gasteiger partial charge in [0.15, 0.2) is 0 Å². The molecule has 0 atom stereocenters. The quantitative estimate of drug-likeness (QED) is 0.101. The van der Waals surface area contributed by atoms with Crippen molar-refractivity contribution in [3.8, 4) is 0 Å². The van der Waals surface area contributed by atoms with Gasteiger partial charge in [-0.15, -0.1) is 0 Å². The standard InChI is InChI=1S/C34H59N7O11/c1-26(2)5-3-4-10-35-28(42)6-7-29(43)41(25-34(51)52)27-8-11-40(12-9-27)30(44)21-36-13-15-37(22-31(45)46)17-19-39(24-33(49)50)20-18-38(16-14-36)23-32(47)48/h26-27H,3-25H2,1-2H3,(H,35,42)(H,45,46)(H,47,48)(H,49,50)(H,51,52). The second kappa shape index (κ2) is 23.6. The maximum Gasteiger partial charge on any atom is 0.323 e. The van der Waals surface area contributed by atoms with Crippen molar-refractivity contribution in [3.05, 3.63) is 0 Å². The molecule has 0 aromatic carbocycles. The van der Waals surface area contributed by atoms with Crippen LogP contribution in [0.15, 0.2) is 0 Å². The summed E-state index contributed by atoms with van der Waals surface area (Å²) in [4.78, 5) is 95.0. The van der Waals surface area contributed by atoms with Crippen LogP contribution in [0.5, 0.6) is 0 Å². The van der Waals surface area contributed by atoms with E-state index in [1.807, 2.05) is 4.90 Å². The number of piperidine rings is 1. The Hall–Kier alpha value is -3.87. The molecule has 3 amide bonds. The van der Waals surface area contributed by atoms with Gasteiger partial charge in [0.2, 0.25) is 17.7 Å². The molecule has 0 unspecified atom stereocenters. The summed E-state index contributed by atoms with van der Waals surface area (Å²) in [5, 5.41) is 40.6. The number of nitrogens with one attached hydrogen (secondary N) is 1. The molecule has 52 heavy (non-hydrogen) atoms. The number of unbranched alkanes of at least 4 members (excludes halogenated alkanes) is 1. The van der Waals surface area contributed by atoms with Crippen LogP contribution in [-0.2, 0) is 33.6 Å². The molecule has 5 N–H and O–H groups in total. The lowest BCUT2D eigenvalue weighted by atomic mass is 10.0. The van der Waals surface area contributed by atoms with E-state index in [1.165, 1.54) is 4.90 Å². The molecule has 18 nitrogen and oxygen atoms in total. The van der Waals surface area contributed by atoms with E-state index in [4.69, 9.17) is 0 Å². The molecule has 2 aliphatic heterocycles. The Balaban J connectivity index is 2.00. The minimum absolute atomic E-state index is 0.0119. The van der Waals surface area contributed by atoms with Crippen molar-refractivity contribution in [2.75, 3.05) is 105 Å². The number of carboxylic acids is 4. The molecule has 0 aromatic heterocycles. The van der Waals surface area contributed by atoms with Crippen molar-refractivity contribution in [2.24, 2.45) is 5.92 Å².